The maximum Gasteiger partial charge on any atom is 0.336 e. The first-order valence-electron chi connectivity index (χ1n) is 5.95. The summed E-state index contributed by atoms with van der Waals surface area (Å²) in [5, 5.41) is 2.34. The third-order valence-electron chi connectivity index (χ3n) is 2.79. The molecule has 1 N–H and O–H groups in total. The molecule has 5 nitrogen and oxygen atoms in total. The zero-order valence-corrected chi connectivity index (χ0v) is 12.4. The first kappa shape index (κ1) is 14.0. The van der Waals surface area contributed by atoms with Crippen molar-refractivity contribution in [3.05, 3.63) is 42.6 Å². The highest BCUT2D eigenvalue weighted by molar-refractivity contribution is 7.12. The summed E-state index contributed by atoms with van der Waals surface area (Å²) in [5.74, 6) is 0.248. The number of aromatic nitrogens is 3. The summed E-state index contributed by atoms with van der Waals surface area (Å²) < 4.78 is 1.04. The van der Waals surface area contributed by atoms with Gasteiger partial charge in [-0.25, -0.2) is 14.3 Å². The number of hydrogen-bond donors (Lipinski definition) is 1. The minimum absolute atomic E-state index is 0.106. The van der Waals surface area contributed by atoms with E-state index in [9.17, 15) is 9.59 Å². The fraction of sp³-hybridized carbons (Fsp3) is 0.417. The molecule has 0 spiro atoms. The molecule has 0 saturated heterocycles. The molecule has 0 fully saturated rings. The minimum atomic E-state index is -0.558. The number of rotatable bonds is 3. The summed E-state index contributed by atoms with van der Waals surface area (Å²) in [7, 11) is 0. The molecule has 102 valence electrons. The monoisotopic (exact) mass is 299 g/mol. The summed E-state index contributed by atoms with van der Waals surface area (Å²) in [6.45, 7) is 5.82. The molecule has 0 aromatic carbocycles. The first-order chi connectivity index (χ1) is 8.95. The molecular weight excluding hydrogens is 286 g/mol. The second-order valence-electron chi connectivity index (χ2n) is 4.43. The molecule has 0 aliphatic heterocycles. The lowest BCUT2D eigenvalue weighted by molar-refractivity contribution is 0.797. The zero-order valence-electron chi connectivity index (χ0n) is 10.9. The lowest BCUT2D eigenvalue weighted by atomic mass is 10.2. The molecule has 19 heavy (non-hydrogen) atoms. The van der Waals surface area contributed by atoms with Crippen LogP contribution < -0.4 is 11.2 Å². The largest absolute Gasteiger partial charge is 0.336 e. The normalized spacial score (nSPS) is 11.2. The SMILES string of the molecule is CCc1c(Cl)[nH]c(=O)n(-c2nc(C(C)C)cs2)c1=O. The Bertz CT molecular complexity index is 714. The number of thiazole rings is 1. The molecule has 0 amide bonds. The Morgan fingerprint density at radius 1 is 1.47 bits per heavy atom. The summed E-state index contributed by atoms with van der Waals surface area (Å²) in [4.78, 5) is 30.9. The van der Waals surface area contributed by atoms with Gasteiger partial charge in [-0.05, 0) is 12.3 Å². The van der Waals surface area contributed by atoms with Gasteiger partial charge >= 0.3 is 5.69 Å². The smallest absolute Gasteiger partial charge is 0.297 e. The van der Waals surface area contributed by atoms with Gasteiger partial charge in [0.05, 0.1) is 11.3 Å². The van der Waals surface area contributed by atoms with Gasteiger partial charge in [-0.1, -0.05) is 32.4 Å². The lowest BCUT2D eigenvalue weighted by Crippen LogP contribution is -2.36. The van der Waals surface area contributed by atoms with E-state index in [2.05, 4.69) is 9.97 Å². The van der Waals surface area contributed by atoms with Crippen LogP contribution in [0, 0.1) is 0 Å². The Kier molecular flexibility index (Phi) is 3.91. The molecule has 2 heterocycles. The van der Waals surface area contributed by atoms with Gasteiger partial charge in [0.15, 0.2) is 0 Å². The standard InChI is InChI=1S/C12H14ClN3O2S/c1-4-7-9(13)15-11(18)16(10(7)17)12-14-8(5-19-12)6(2)3/h5-6H,4H2,1-3H3,(H,15,18). The van der Waals surface area contributed by atoms with E-state index in [1.54, 1.807) is 0 Å². The van der Waals surface area contributed by atoms with Crippen molar-refractivity contribution in [2.45, 2.75) is 33.1 Å². The number of halogens is 1. The van der Waals surface area contributed by atoms with Crippen LogP contribution in [0.15, 0.2) is 15.0 Å². The molecule has 0 aliphatic carbocycles. The highest BCUT2D eigenvalue weighted by Crippen LogP contribution is 2.19. The van der Waals surface area contributed by atoms with Crippen LogP contribution in [0.25, 0.3) is 5.13 Å². The Balaban J connectivity index is 2.68. The Morgan fingerprint density at radius 3 is 2.68 bits per heavy atom. The van der Waals surface area contributed by atoms with E-state index in [4.69, 9.17) is 11.6 Å². The third kappa shape index (κ3) is 2.50. The molecule has 0 radical (unpaired) electrons. The van der Waals surface area contributed by atoms with Crippen molar-refractivity contribution in [3.8, 4) is 5.13 Å². The maximum atomic E-state index is 12.2. The van der Waals surface area contributed by atoms with Crippen molar-refractivity contribution < 1.29 is 0 Å². The molecule has 0 unspecified atom stereocenters. The molecule has 7 heteroatoms. The van der Waals surface area contributed by atoms with Crippen molar-refractivity contribution in [2.75, 3.05) is 0 Å². The van der Waals surface area contributed by atoms with Crippen LogP contribution in [0.1, 0.15) is 37.9 Å². The first-order valence-corrected chi connectivity index (χ1v) is 7.21. The van der Waals surface area contributed by atoms with Crippen molar-refractivity contribution in [1.82, 2.24) is 14.5 Å². The summed E-state index contributed by atoms with van der Waals surface area (Å²) in [6, 6.07) is 0. The number of nitrogens with one attached hydrogen (secondary N) is 1. The highest BCUT2D eigenvalue weighted by atomic mass is 35.5. The Labute approximate surface area is 118 Å². The molecule has 0 atom stereocenters. The highest BCUT2D eigenvalue weighted by Gasteiger charge is 2.15. The van der Waals surface area contributed by atoms with Gasteiger partial charge in [-0.15, -0.1) is 11.3 Å². The summed E-state index contributed by atoms with van der Waals surface area (Å²) in [5.41, 5.74) is 0.291. The van der Waals surface area contributed by atoms with Crippen molar-refractivity contribution >= 4 is 22.9 Å². The van der Waals surface area contributed by atoms with Crippen molar-refractivity contribution in [2.24, 2.45) is 0 Å². The quantitative estimate of drug-likeness (QED) is 0.884. The fourth-order valence-electron chi connectivity index (χ4n) is 1.67. The van der Waals surface area contributed by atoms with Crippen LogP contribution in [-0.2, 0) is 6.42 Å². The van der Waals surface area contributed by atoms with Crippen molar-refractivity contribution in [1.29, 1.82) is 0 Å². The summed E-state index contributed by atoms with van der Waals surface area (Å²) >= 11 is 7.14. The van der Waals surface area contributed by atoms with E-state index < -0.39 is 11.2 Å². The minimum Gasteiger partial charge on any atom is -0.297 e. The van der Waals surface area contributed by atoms with Gasteiger partial charge in [-0.3, -0.25) is 9.78 Å². The van der Waals surface area contributed by atoms with E-state index in [0.717, 1.165) is 10.3 Å². The number of nitrogens with zero attached hydrogens (tertiary/aromatic N) is 2. The van der Waals surface area contributed by atoms with Gasteiger partial charge in [0, 0.05) is 5.38 Å². The molecule has 2 aromatic heterocycles. The van der Waals surface area contributed by atoms with Crippen LogP contribution in [0.4, 0.5) is 0 Å². The topological polar surface area (TPSA) is 67.8 Å². The van der Waals surface area contributed by atoms with Gasteiger partial charge in [-0.2, -0.15) is 0 Å². The molecule has 0 aliphatic rings. The third-order valence-corrected chi connectivity index (χ3v) is 3.96. The van der Waals surface area contributed by atoms with Crippen molar-refractivity contribution in [3.63, 3.8) is 0 Å². The molecule has 0 saturated carbocycles. The van der Waals surface area contributed by atoms with E-state index in [1.165, 1.54) is 11.3 Å². The van der Waals surface area contributed by atoms with Gasteiger partial charge in [0.25, 0.3) is 5.56 Å². The van der Waals surface area contributed by atoms with Crippen LogP contribution in [-0.4, -0.2) is 14.5 Å². The second-order valence-corrected chi connectivity index (χ2v) is 5.64. The molecule has 0 bridgehead atoms. The van der Waals surface area contributed by atoms with Gasteiger partial charge in [0.1, 0.15) is 5.15 Å². The van der Waals surface area contributed by atoms with Crippen LogP contribution in [0.3, 0.4) is 0 Å². The van der Waals surface area contributed by atoms with E-state index in [-0.39, 0.29) is 11.1 Å². The number of H-pyrrole nitrogens is 1. The maximum absolute atomic E-state index is 12.2. The molecule has 2 aromatic rings. The number of aromatic amines is 1. The Hall–Kier alpha value is -1.40. The predicted octanol–water partition coefficient (Wildman–Crippen LogP) is 2.32. The van der Waals surface area contributed by atoms with E-state index in [0.29, 0.717) is 17.1 Å². The average molecular weight is 300 g/mol. The molecule has 2 rings (SSSR count). The summed E-state index contributed by atoms with van der Waals surface area (Å²) in [6.07, 6.45) is 0.455. The molecular formula is C12H14ClN3O2S. The predicted molar refractivity (Wildman–Crippen MR) is 76.8 cm³/mol. The van der Waals surface area contributed by atoms with Crippen LogP contribution in [0.5, 0.6) is 0 Å². The van der Waals surface area contributed by atoms with E-state index in [1.807, 2.05) is 26.2 Å². The zero-order chi connectivity index (χ0) is 14.2. The van der Waals surface area contributed by atoms with Crippen LogP contribution in [0.2, 0.25) is 5.15 Å². The second kappa shape index (κ2) is 5.30. The van der Waals surface area contributed by atoms with Gasteiger partial charge < -0.3 is 0 Å². The van der Waals surface area contributed by atoms with Gasteiger partial charge in [0.2, 0.25) is 5.13 Å². The van der Waals surface area contributed by atoms with Crippen LogP contribution >= 0.6 is 22.9 Å². The lowest BCUT2D eigenvalue weighted by Gasteiger charge is -2.04. The number of hydrogen-bond acceptors (Lipinski definition) is 4. The van der Waals surface area contributed by atoms with E-state index >= 15 is 0 Å². The Morgan fingerprint density at radius 2 is 2.16 bits per heavy atom. The fourth-order valence-corrected chi connectivity index (χ4v) is 2.95. The average Bonchev–Trinajstić information content (AvgIpc) is 2.78.